The summed E-state index contributed by atoms with van der Waals surface area (Å²) in [4.78, 5) is 29.3. The minimum absolute atomic E-state index is 0.187. The van der Waals surface area contributed by atoms with E-state index in [1.807, 2.05) is 13.0 Å². The fourth-order valence-corrected chi connectivity index (χ4v) is 2.73. The standard InChI is InChI=1S/C14H12N4O3S/c1-2-3-10-7-13(19)17-14(16-10)22-12-5-4-9(8-15)6-11(12)18(20)21/h4-7H,2-3H2,1H3,(H,16,17,19). The van der Waals surface area contributed by atoms with Gasteiger partial charge in [0.25, 0.3) is 11.2 Å². The molecule has 1 aromatic carbocycles. The number of nitrogens with one attached hydrogen (secondary N) is 1. The number of aromatic nitrogens is 2. The second-order valence-corrected chi connectivity index (χ2v) is 5.48. The van der Waals surface area contributed by atoms with Crippen LogP contribution in [0.3, 0.4) is 0 Å². The van der Waals surface area contributed by atoms with Crippen molar-refractivity contribution in [3.63, 3.8) is 0 Å². The zero-order valence-electron chi connectivity index (χ0n) is 11.7. The first-order valence-corrected chi connectivity index (χ1v) is 7.31. The number of aromatic amines is 1. The molecule has 0 fully saturated rings. The topological polar surface area (TPSA) is 113 Å². The van der Waals surface area contributed by atoms with Crippen molar-refractivity contribution in [3.8, 4) is 6.07 Å². The maximum Gasteiger partial charge on any atom is 0.284 e. The molecule has 0 aliphatic carbocycles. The van der Waals surface area contributed by atoms with Gasteiger partial charge in [0.15, 0.2) is 5.16 Å². The Hall–Kier alpha value is -2.66. The Morgan fingerprint density at radius 3 is 2.86 bits per heavy atom. The monoisotopic (exact) mass is 316 g/mol. The summed E-state index contributed by atoms with van der Waals surface area (Å²) >= 11 is 0.998. The van der Waals surface area contributed by atoms with Gasteiger partial charge in [-0.1, -0.05) is 13.3 Å². The summed E-state index contributed by atoms with van der Waals surface area (Å²) in [7, 11) is 0. The van der Waals surface area contributed by atoms with Gasteiger partial charge in [-0.3, -0.25) is 14.9 Å². The number of benzene rings is 1. The van der Waals surface area contributed by atoms with Crippen LogP contribution in [-0.2, 0) is 6.42 Å². The molecule has 2 aromatic rings. The highest BCUT2D eigenvalue weighted by Gasteiger charge is 2.17. The molecule has 0 saturated carbocycles. The average molecular weight is 316 g/mol. The van der Waals surface area contributed by atoms with Crippen molar-refractivity contribution in [3.05, 3.63) is 56.0 Å². The molecule has 0 bridgehead atoms. The molecule has 8 heteroatoms. The second kappa shape index (κ2) is 6.87. The largest absolute Gasteiger partial charge is 0.301 e. The van der Waals surface area contributed by atoms with Crippen LogP contribution in [0, 0.1) is 21.4 Å². The van der Waals surface area contributed by atoms with Crippen molar-refractivity contribution in [1.82, 2.24) is 9.97 Å². The molecule has 112 valence electrons. The molecule has 0 aliphatic rings. The molecule has 0 spiro atoms. The molecule has 0 unspecified atom stereocenters. The minimum Gasteiger partial charge on any atom is -0.301 e. The summed E-state index contributed by atoms with van der Waals surface area (Å²) in [5.74, 6) is 0. The van der Waals surface area contributed by atoms with Crippen molar-refractivity contribution in [2.24, 2.45) is 0 Å². The van der Waals surface area contributed by atoms with E-state index in [4.69, 9.17) is 5.26 Å². The summed E-state index contributed by atoms with van der Waals surface area (Å²) in [6.45, 7) is 1.97. The fourth-order valence-electron chi connectivity index (χ4n) is 1.84. The van der Waals surface area contributed by atoms with Gasteiger partial charge in [-0.15, -0.1) is 0 Å². The Balaban J connectivity index is 2.41. The van der Waals surface area contributed by atoms with Crippen molar-refractivity contribution in [2.45, 2.75) is 29.8 Å². The van der Waals surface area contributed by atoms with Crippen LogP contribution in [0.1, 0.15) is 24.6 Å². The highest BCUT2D eigenvalue weighted by molar-refractivity contribution is 7.99. The van der Waals surface area contributed by atoms with Gasteiger partial charge >= 0.3 is 0 Å². The number of aryl methyl sites for hydroxylation is 1. The van der Waals surface area contributed by atoms with E-state index in [1.165, 1.54) is 24.3 Å². The number of nitrogens with zero attached hydrogens (tertiary/aromatic N) is 3. The molecule has 7 nitrogen and oxygen atoms in total. The smallest absolute Gasteiger partial charge is 0.284 e. The van der Waals surface area contributed by atoms with Crippen molar-refractivity contribution in [2.75, 3.05) is 0 Å². The van der Waals surface area contributed by atoms with E-state index in [1.54, 1.807) is 0 Å². The summed E-state index contributed by atoms with van der Waals surface area (Å²) in [6.07, 6.45) is 1.50. The molecular formula is C14H12N4O3S. The molecule has 0 amide bonds. The summed E-state index contributed by atoms with van der Waals surface area (Å²) < 4.78 is 0. The van der Waals surface area contributed by atoms with Gasteiger partial charge in [-0.2, -0.15) is 5.26 Å². The normalized spacial score (nSPS) is 10.2. The van der Waals surface area contributed by atoms with E-state index in [9.17, 15) is 14.9 Å². The van der Waals surface area contributed by atoms with E-state index in [2.05, 4.69) is 9.97 Å². The molecule has 0 aliphatic heterocycles. The second-order valence-electron chi connectivity index (χ2n) is 4.45. The van der Waals surface area contributed by atoms with Gasteiger partial charge in [0.1, 0.15) is 0 Å². The minimum atomic E-state index is -0.558. The number of rotatable bonds is 5. The lowest BCUT2D eigenvalue weighted by atomic mass is 10.2. The molecule has 0 saturated heterocycles. The molecule has 1 N–H and O–H groups in total. The van der Waals surface area contributed by atoms with E-state index in [0.717, 1.165) is 18.2 Å². The zero-order valence-corrected chi connectivity index (χ0v) is 12.5. The first kappa shape index (κ1) is 15.7. The summed E-state index contributed by atoms with van der Waals surface area (Å²) in [5, 5.41) is 20.2. The number of hydrogen-bond acceptors (Lipinski definition) is 6. The number of H-pyrrole nitrogens is 1. The third-order valence-corrected chi connectivity index (χ3v) is 3.72. The van der Waals surface area contributed by atoms with Crippen molar-refractivity contribution in [1.29, 1.82) is 5.26 Å². The van der Waals surface area contributed by atoms with Crippen LogP contribution >= 0.6 is 11.8 Å². The van der Waals surface area contributed by atoms with Crippen LogP contribution in [-0.4, -0.2) is 14.9 Å². The third-order valence-electron chi connectivity index (χ3n) is 2.77. The van der Waals surface area contributed by atoms with Crippen LogP contribution in [0.2, 0.25) is 0 Å². The SMILES string of the molecule is CCCc1cc(=O)[nH]c(Sc2ccc(C#N)cc2[N+](=O)[O-])n1. The number of nitro benzene ring substituents is 1. The Kier molecular flexibility index (Phi) is 4.91. The maximum absolute atomic E-state index is 11.6. The van der Waals surface area contributed by atoms with Gasteiger partial charge in [-0.05, 0) is 30.3 Å². The van der Waals surface area contributed by atoms with Crippen LogP contribution in [0.5, 0.6) is 0 Å². The molecule has 0 atom stereocenters. The fraction of sp³-hybridized carbons (Fsp3) is 0.214. The Morgan fingerprint density at radius 1 is 1.45 bits per heavy atom. The lowest BCUT2D eigenvalue weighted by Crippen LogP contribution is -2.10. The van der Waals surface area contributed by atoms with Crippen molar-refractivity contribution >= 4 is 17.4 Å². The quantitative estimate of drug-likeness (QED) is 0.515. The highest BCUT2D eigenvalue weighted by atomic mass is 32.2. The molecule has 1 aromatic heterocycles. The van der Waals surface area contributed by atoms with Gasteiger partial charge in [0, 0.05) is 17.8 Å². The Labute approximate surface area is 130 Å². The molecule has 2 rings (SSSR count). The van der Waals surface area contributed by atoms with Gasteiger partial charge in [0.2, 0.25) is 0 Å². The van der Waals surface area contributed by atoms with Crippen molar-refractivity contribution < 1.29 is 4.92 Å². The Bertz CT molecular complexity index is 810. The number of nitro groups is 1. The molecule has 0 radical (unpaired) electrons. The van der Waals surface area contributed by atoms with Crippen LogP contribution in [0.15, 0.2) is 39.1 Å². The molecular weight excluding hydrogens is 304 g/mol. The van der Waals surface area contributed by atoms with Crippen LogP contribution < -0.4 is 5.56 Å². The predicted octanol–water partition coefficient (Wildman–Crippen LogP) is 2.65. The van der Waals surface area contributed by atoms with Crippen LogP contribution in [0.25, 0.3) is 0 Å². The van der Waals surface area contributed by atoms with Crippen LogP contribution in [0.4, 0.5) is 5.69 Å². The van der Waals surface area contributed by atoms with E-state index >= 15 is 0 Å². The lowest BCUT2D eigenvalue weighted by molar-refractivity contribution is -0.387. The molecule has 1 heterocycles. The zero-order chi connectivity index (χ0) is 16.1. The lowest BCUT2D eigenvalue weighted by Gasteiger charge is -2.04. The summed E-state index contributed by atoms with van der Waals surface area (Å²) in [6, 6.07) is 7.45. The molecule has 22 heavy (non-hydrogen) atoms. The van der Waals surface area contributed by atoms with Gasteiger partial charge < -0.3 is 4.98 Å². The summed E-state index contributed by atoms with van der Waals surface area (Å²) in [5.41, 5.74) is 0.368. The first-order chi connectivity index (χ1) is 10.5. The first-order valence-electron chi connectivity index (χ1n) is 6.50. The van der Waals surface area contributed by atoms with E-state index < -0.39 is 4.92 Å². The number of nitriles is 1. The van der Waals surface area contributed by atoms with E-state index in [0.29, 0.717) is 22.2 Å². The predicted molar refractivity (Wildman–Crippen MR) is 80.8 cm³/mol. The van der Waals surface area contributed by atoms with E-state index in [-0.39, 0.29) is 16.8 Å². The van der Waals surface area contributed by atoms with Gasteiger partial charge in [0.05, 0.1) is 21.5 Å². The highest BCUT2D eigenvalue weighted by Crippen LogP contribution is 2.33. The number of hydrogen-bond donors (Lipinski definition) is 1. The maximum atomic E-state index is 11.6. The van der Waals surface area contributed by atoms with Gasteiger partial charge in [-0.25, -0.2) is 4.98 Å². The third kappa shape index (κ3) is 3.71. The Morgan fingerprint density at radius 2 is 2.23 bits per heavy atom. The average Bonchev–Trinajstić information content (AvgIpc) is 2.47.